The number of rotatable bonds is 3. The van der Waals surface area contributed by atoms with Crippen molar-refractivity contribution in [3.05, 3.63) is 23.8 Å². The van der Waals surface area contributed by atoms with Gasteiger partial charge in [0.05, 0.1) is 44.2 Å². The van der Waals surface area contributed by atoms with Crippen molar-refractivity contribution in [2.75, 3.05) is 44.1 Å². The van der Waals surface area contributed by atoms with Crippen LogP contribution in [0.15, 0.2) is 18.2 Å². The molecular formula is C13H18N2O4. The fraction of sp³-hybridized carbons (Fsp3) is 0.462. The molecule has 6 nitrogen and oxygen atoms in total. The van der Waals surface area contributed by atoms with Gasteiger partial charge in [-0.1, -0.05) is 0 Å². The van der Waals surface area contributed by atoms with Crippen LogP contribution in [0.25, 0.3) is 0 Å². The number of methoxy groups -OCH3 is 1. The van der Waals surface area contributed by atoms with Gasteiger partial charge in [0.25, 0.3) is 0 Å². The number of anilines is 2. The van der Waals surface area contributed by atoms with Gasteiger partial charge < -0.3 is 25.2 Å². The van der Waals surface area contributed by atoms with Crippen LogP contribution in [0.3, 0.4) is 0 Å². The standard InChI is InChI=1S/C13H18N2O4/c1-18-13(17)11-6-9(14)2-3-12(11)15-4-5-19-8-10(15)7-16/h2-3,6,10,16H,4-5,7-8,14H2,1H3. The second-order valence-corrected chi connectivity index (χ2v) is 4.37. The Hall–Kier alpha value is -1.79. The smallest absolute Gasteiger partial charge is 0.340 e. The van der Waals surface area contributed by atoms with Crippen LogP contribution in [0, 0.1) is 0 Å². The molecule has 0 radical (unpaired) electrons. The zero-order valence-corrected chi connectivity index (χ0v) is 10.8. The van der Waals surface area contributed by atoms with Crippen molar-refractivity contribution in [3.8, 4) is 0 Å². The fourth-order valence-corrected chi connectivity index (χ4v) is 2.20. The van der Waals surface area contributed by atoms with Gasteiger partial charge in [-0.05, 0) is 18.2 Å². The number of nitrogen functional groups attached to an aromatic ring is 1. The molecule has 1 heterocycles. The Morgan fingerprint density at radius 3 is 3.11 bits per heavy atom. The first kappa shape index (κ1) is 13.6. The largest absolute Gasteiger partial charge is 0.465 e. The molecule has 0 spiro atoms. The van der Waals surface area contributed by atoms with E-state index in [0.29, 0.717) is 36.7 Å². The van der Waals surface area contributed by atoms with E-state index in [2.05, 4.69) is 0 Å². The predicted octanol–water partition coefficient (Wildman–Crippen LogP) is 0.253. The number of aliphatic hydroxyl groups excluding tert-OH is 1. The first-order chi connectivity index (χ1) is 9.17. The molecule has 19 heavy (non-hydrogen) atoms. The Morgan fingerprint density at radius 1 is 1.63 bits per heavy atom. The van der Waals surface area contributed by atoms with Crippen LogP contribution in [-0.2, 0) is 9.47 Å². The maximum absolute atomic E-state index is 11.8. The van der Waals surface area contributed by atoms with Crippen LogP contribution in [-0.4, -0.2) is 50.6 Å². The van der Waals surface area contributed by atoms with Crippen LogP contribution in [0.2, 0.25) is 0 Å². The summed E-state index contributed by atoms with van der Waals surface area (Å²) in [6, 6.07) is 4.92. The zero-order chi connectivity index (χ0) is 13.8. The second kappa shape index (κ2) is 5.90. The van der Waals surface area contributed by atoms with Crippen molar-refractivity contribution in [1.29, 1.82) is 0 Å². The van der Waals surface area contributed by atoms with Crippen molar-refractivity contribution in [2.45, 2.75) is 6.04 Å². The quantitative estimate of drug-likeness (QED) is 0.602. The average molecular weight is 266 g/mol. The number of ether oxygens (including phenoxy) is 2. The fourth-order valence-electron chi connectivity index (χ4n) is 2.20. The van der Waals surface area contributed by atoms with E-state index in [0.717, 1.165) is 0 Å². The SMILES string of the molecule is COC(=O)c1cc(N)ccc1N1CCOCC1CO. The van der Waals surface area contributed by atoms with Gasteiger partial charge in [0, 0.05) is 12.2 Å². The minimum Gasteiger partial charge on any atom is -0.465 e. The third kappa shape index (κ3) is 2.80. The van der Waals surface area contributed by atoms with E-state index in [1.54, 1.807) is 18.2 Å². The minimum absolute atomic E-state index is 0.0367. The van der Waals surface area contributed by atoms with Gasteiger partial charge in [-0.3, -0.25) is 0 Å². The van der Waals surface area contributed by atoms with Crippen LogP contribution in [0.4, 0.5) is 11.4 Å². The zero-order valence-electron chi connectivity index (χ0n) is 10.8. The van der Waals surface area contributed by atoms with E-state index >= 15 is 0 Å². The van der Waals surface area contributed by atoms with Gasteiger partial charge in [0.1, 0.15) is 0 Å². The summed E-state index contributed by atoms with van der Waals surface area (Å²) in [6.07, 6.45) is 0. The Labute approximate surface area is 111 Å². The number of carbonyl (C=O) groups excluding carboxylic acids is 1. The molecule has 0 amide bonds. The van der Waals surface area contributed by atoms with E-state index in [4.69, 9.17) is 15.2 Å². The van der Waals surface area contributed by atoms with E-state index in [9.17, 15) is 9.90 Å². The Balaban J connectivity index is 2.39. The molecule has 1 fully saturated rings. The maximum Gasteiger partial charge on any atom is 0.340 e. The van der Waals surface area contributed by atoms with Crippen LogP contribution in [0.1, 0.15) is 10.4 Å². The number of carbonyl (C=O) groups is 1. The first-order valence-electron chi connectivity index (χ1n) is 6.10. The molecule has 1 saturated heterocycles. The molecule has 0 bridgehead atoms. The number of benzene rings is 1. The molecule has 0 aromatic heterocycles. The highest BCUT2D eigenvalue weighted by Gasteiger charge is 2.26. The number of hydrogen-bond acceptors (Lipinski definition) is 6. The molecule has 3 N–H and O–H groups in total. The van der Waals surface area contributed by atoms with E-state index < -0.39 is 5.97 Å². The number of aliphatic hydroxyl groups is 1. The summed E-state index contributed by atoms with van der Waals surface area (Å²) in [6.45, 7) is 1.56. The van der Waals surface area contributed by atoms with Crippen LogP contribution >= 0.6 is 0 Å². The summed E-state index contributed by atoms with van der Waals surface area (Å²) < 4.78 is 10.1. The molecule has 6 heteroatoms. The number of nitrogens with zero attached hydrogens (tertiary/aromatic N) is 1. The van der Waals surface area contributed by atoms with Gasteiger partial charge >= 0.3 is 5.97 Å². The summed E-state index contributed by atoms with van der Waals surface area (Å²) in [5.41, 5.74) is 7.33. The van der Waals surface area contributed by atoms with Crippen molar-refractivity contribution < 1.29 is 19.4 Å². The van der Waals surface area contributed by atoms with Crippen molar-refractivity contribution >= 4 is 17.3 Å². The topological polar surface area (TPSA) is 85.0 Å². The molecular weight excluding hydrogens is 248 g/mol. The highest BCUT2D eigenvalue weighted by molar-refractivity contribution is 5.97. The molecule has 2 rings (SSSR count). The number of morpholine rings is 1. The normalized spacial score (nSPS) is 19.3. The summed E-state index contributed by atoms with van der Waals surface area (Å²) >= 11 is 0. The van der Waals surface area contributed by atoms with E-state index in [1.807, 2.05) is 4.90 Å². The lowest BCUT2D eigenvalue weighted by Crippen LogP contribution is -2.48. The highest BCUT2D eigenvalue weighted by atomic mass is 16.5. The van der Waals surface area contributed by atoms with E-state index in [-0.39, 0.29) is 12.6 Å². The second-order valence-electron chi connectivity index (χ2n) is 4.37. The number of esters is 1. The Kier molecular flexibility index (Phi) is 4.24. The molecule has 0 aliphatic carbocycles. The molecule has 104 valence electrons. The predicted molar refractivity (Wildman–Crippen MR) is 71.2 cm³/mol. The lowest BCUT2D eigenvalue weighted by Gasteiger charge is -2.37. The maximum atomic E-state index is 11.8. The molecule has 0 saturated carbocycles. The Morgan fingerprint density at radius 2 is 2.42 bits per heavy atom. The molecule has 1 unspecified atom stereocenters. The molecule has 1 aromatic carbocycles. The van der Waals surface area contributed by atoms with Gasteiger partial charge in [-0.25, -0.2) is 4.79 Å². The third-order valence-corrected chi connectivity index (χ3v) is 3.17. The van der Waals surface area contributed by atoms with Gasteiger partial charge in [-0.15, -0.1) is 0 Å². The minimum atomic E-state index is -0.439. The van der Waals surface area contributed by atoms with Crippen molar-refractivity contribution in [3.63, 3.8) is 0 Å². The van der Waals surface area contributed by atoms with Crippen molar-refractivity contribution in [2.24, 2.45) is 0 Å². The van der Waals surface area contributed by atoms with Gasteiger partial charge in [0.15, 0.2) is 0 Å². The molecule has 1 atom stereocenters. The van der Waals surface area contributed by atoms with Gasteiger partial charge in [0.2, 0.25) is 0 Å². The van der Waals surface area contributed by atoms with Crippen LogP contribution < -0.4 is 10.6 Å². The average Bonchev–Trinajstić information content (AvgIpc) is 2.46. The monoisotopic (exact) mass is 266 g/mol. The Bertz CT molecular complexity index is 464. The number of hydrogen-bond donors (Lipinski definition) is 2. The third-order valence-electron chi connectivity index (χ3n) is 3.17. The lowest BCUT2D eigenvalue weighted by molar-refractivity contribution is 0.0593. The van der Waals surface area contributed by atoms with E-state index in [1.165, 1.54) is 7.11 Å². The first-order valence-corrected chi connectivity index (χ1v) is 6.10. The molecule has 1 aromatic rings. The molecule has 1 aliphatic rings. The summed E-state index contributed by atoms with van der Waals surface area (Å²) in [4.78, 5) is 13.8. The summed E-state index contributed by atoms with van der Waals surface area (Å²) in [5.74, 6) is -0.439. The molecule has 1 aliphatic heterocycles. The highest BCUT2D eigenvalue weighted by Crippen LogP contribution is 2.27. The van der Waals surface area contributed by atoms with Gasteiger partial charge in [-0.2, -0.15) is 0 Å². The lowest BCUT2D eigenvalue weighted by atomic mass is 10.1. The summed E-state index contributed by atoms with van der Waals surface area (Å²) in [7, 11) is 1.33. The summed E-state index contributed by atoms with van der Waals surface area (Å²) in [5, 5.41) is 9.40. The van der Waals surface area contributed by atoms with Crippen molar-refractivity contribution in [1.82, 2.24) is 0 Å². The number of nitrogens with two attached hydrogens (primary N) is 1. The van der Waals surface area contributed by atoms with Crippen LogP contribution in [0.5, 0.6) is 0 Å².